The topological polar surface area (TPSA) is 28.6 Å². The van der Waals surface area contributed by atoms with Crippen molar-refractivity contribution in [1.82, 2.24) is 9.88 Å². The summed E-state index contributed by atoms with van der Waals surface area (Å²) in [6.45, 7) is 5.64. The zero-order valence-electron chi connectivity index (χ0n) is 14.0. The fourth-order valence-corrected chi connectivity index (χ4v) is 3.72. The maximum absolute atomic E-state index is 5.48. The van der Waals surface area contributed by atoms with Gasteiger partial charge in [-0.1, -0.05) is 0 Å². The molecule has 3 heterocycles. The van der Waals surface area contributed by atoms with Crippen molar-refractivity contribution >= 4 is 5.82 Å². The van der Waals surface area contributed by atoms with E-state index in [0.29, 0.717) is 5.92 Å². The Morgan fingerprint density at radius 2 is 2.09 bits per heavy atom. The molecule has 4 nitrogen and oxygen atoms in total. The van der Waals surface area contributed by atoms with E-state index in [2.05, 4.69) is 41.0 Å². The van der Waals surface area contributed by atoms with E-state index < -0.39 is 0 Å². The van der Waals surface area contributed by atoms with Crippen molar-refractivity contribution in [3.63, 3.8) is 0 Å². The average Bonchev–Trinajstić information content (AvgIpc) is 2.56. The van der Waals surface area contributed by atoms with E-state index in [-0.39, 0.29) is 0 Å². The predicted molar refractivity (Wildman–Crippen MR) is 90.5 cm³/mol. The Balaban J connectivity index is 1.61. The molecule has 0 aliphatic carbocycles. The lowest BCUT2D eigenvalue weighted by molar-refractivity contribution is 0.0483. The molecular weight excluding hydrogens is 274 g/mol. The minimum Gasteiger partial charge on any atom is -0.381 e. The second kappa shape index (κ2) is 7.42. The summed E-state index contributed by atoms with van der Waals surface area (Å²) in [5, 5.41) is 0. The normalized spacial score (nSPS) is 24.4. The van der Waals surface area contributed by atoms with Crippen molar-refractivity contribution in [3.8, 4) is 0 Å². The fourth-order valence-electron chi connectivity index (χ4n) is 3.72. The Labute approximate surface area is 134 Å². The highest BCUT2D eigenvalue weighted by molar-refractivity contribution is 5.40. The summed E-state index contributed by atoms with van der Waals surface area (Å²) in [4.78, 5) is 9.21. The Kier molecular flexibility index (Phi) is 5.32. The number of anilines is 1. The Bertz CT molecular complexity index is 471. The summed E-state index contributed by atoms with van der Waals surface area (Å²) >= 11 is 0. The first-order chi connectivity index (χ1) is 10.7. The van der Waals surface area contributed by atoms with Crippen LogP contribution < -0.4 is 4.90 Å². The molecule has 1 aromatic heterocycles. The molecule has 0 saturated carbocycles. The van der Waals surface area contributed by atoms with Crippen LogP contribution in [0.5, 0.6) is 0 Å². The van der Waals surface area contributed by atoms with Gasteiger partial charge < -0.3 is 14.5 Å². The summed E-state index contributed by atoms with van der Waals surface area (Å²) in [6.07, 6.45) is 7.05. The molecule has 1 atom stereocenters. The molecule has 0 unspecified atom stereocenters. The van der Waals surface area contributed by atoms with Crippen molar-refractivity contribution in [2.45, 2.75) is 31.6 Å². The van der Waals surface area contributed by atoms with Gasteiger partial charge in [-0.3, -0.25) is 0 Å². The van der Waals surface area contributed by atoms with Crippen LogP contribution in [-0.2, 0) is 4.74 Å². The van der Waals surface area contributed by atoms with Gasteiger partial charge in [-0.2, -0.15) is 0 Å². The van der Waals surface area contributed by atoms with Crippen LogP contribution in [0.2, 0.25) is 0 Å². The molecule has 2 fully saturated rings. The Morgan fingerprint density at radius 1 is 1.27 bits per heavy atom. The highest BCUT2D eigenvalue weighted by atomic mass is 16.5. The lowest BCUT2D eigenvalue weighted by atomic mass is 9.90. The summed E-state index contributed by atoms with van der Waals surface area (Å²) in [7, 11) is 4.12. The molecule has 0 radical (unpaired) electrons. The molecule has 22 heavy (non-hydrogen) atoms. The number of likely N-dealkylation sites (tertiary alicyclic amines) is 1. The van der Waals surface area contributed by atoms with Gasteiger partial charge in [0.15, 0.2) is 0 Å². The molecule has 122 valence electrons. The van der Waals surface area contributed by atoms with Crippen molar-refractivity contribution in [2.75, 3.05) is 51.8 Å². The third-order valence-corrected chi connectivity index (χ3v) is 5.06. The van der Waals surface area contributed by atoms with Crippen LogP contribution in [0.15, 0.2) is 18.3 Å². The van der Waals surface area contributed by atoms with Gasteiger partial charge in [0.05, 0.1) is 0 Å². The summed E-state index contributed by atoms with van der Waals surface area (Å²) in [5.41, 5.74) is 1.45. The molecule has 0 bridgehead atoms. The summed E-state index contributed by atoms with van der Waals surface area (Å²) < 4.78 is 5.48. The minimum atomic E-state index is 0.662. The molecule has 3 rings (SSSR count). The second-order valence-electron chi connectivity index (χ2n) is 7.00. The maximum Gasteiger partial charge on any atom is 0.128 e. The fraction of sp³-hybridized carbons (Fsp3) is 0.722. The highest BCUT2D eigenvalue weighted by Crippen LogP contribution is 2.29. The third kappa shape index (κ3) is 3.99. The molecule has 0 amide bonds. The lowest BCUT2D eigenvalue weighted by Crippen LogP contribution is -2.39. The van der Waals surface area contributed by atoms with Crippen molar-refractivity contribution in [2.24, 2.45) is 5.92 Å². The molecule has 4 heteroatoms. The van der Waals surface area contributed by atoms with Crippen LogP contribution in [0.25, 0.3) is 0 Å². The first-order valence-electron chi connectivity index (χ1n) is 8.66. The monoisotopic (exact) mass is 303 g/mol. The highest BCUT2D eigenvalue weighted by Gasteiger charge is 2.24. The van der Waals surface area contributed by atoms with Crippen LogP contribution in [0.3, 0.4) is 0 Å². The van der Waals surface area contributed by atoms with E-state index in [0.717, 1.165) is 24.9 Å². The number of nitrogens with zero attached hydrogens (tertiary/aromatic N) is 3. The largest absolute Gasteiger partial charge is 0.381 e. The average molecular weight is 303 g/mol. The second-order valence-corrected chi connectivity index (χ2v) is 7.00. The number of pyridine rings is 1. The van der Waals surface area contributed by atoms with E-state index in [1.165, 1.54) is 50.9 Å². The number of hydrogen-bond acceptors (Lipinski definition) is 4. The minimum absolute atomic E-state index is 0.662. The zero-order valence-corrected chi connectivity index (χ0v) is 14.0. The quantitative estimate of drug-likeness (QED) is 0.855. The van der Waals surface area contributed by atoms with Gasteiger partial charge in [0.25, 0.3) is 0 Å². The van der Waals surface area contributed by atoms with Gasteiger partial charge in [-0.15, -0.1) is 0 Å². The molecule has 1 aromatic rings. The van der Waals surface area contributed by atoms with Crippen LogP contribution in [0.1, 0.15) is 37.2 Å². The molecule has 0 aromatic carbocycles. The smallest absolute Gasteiger partial charge is 0.128 e. The summed E-state index contributed by atoms with van der Waals surface area (Å²) in [6, 6.07) is 4.47. The van der Waals surface area contributed by atoms with Crippen LogP contribution in [-0.4, -0.2) is 56.8 Å². The Hall–Kier alpha value is -1.13. The SMILES string of the molecule is CN(C)c1cc([C@@H]2CCCN(CC3CCOCC3)C2)ccn1. The number of ether oxygens (including phenoxy) is 1. The first-order valence-corrected chi connectivity index (χ1v) is 8.66. The molecule has 0 spiro atoms. The van der Waals surface area contributed by atoms with Crippen molar-refractivity contribution in [1.29, 1.82) is 0 Å². The van der Waals surface area contributed by atoms with E-state index >= 15 is 0 Å². The third-order valence-electron chi connectivity index (χ3n) is 5.06. The molecule has 2 aliphatic heterocycles. The van der Waals surface area contributed by atoms with Crippen molar-refractivity contribution in [3.05, 3.63) is 23.9 Å². The van der Waals surface area contributed by atoms with Gasteiger partial charge in [-0.25, -0.2) is 4.98 Å². The van der Waals surface area contributed by atoms with Crippen LogP contribution >= 0.6 is 0 Å². The summed E-state index contributed by atoms with van der Waals surface area (Å²) in [5.74, 6) is 2.57. The number of rotatable bonds is 4. The maximum atomic E-state index is 5.48. The molecule has 2 aliphatic rings. The van der Waals surface area contributed by atoms with Gasteiger partial charge >= 0.3 is 0 Å². The standard InChI is InChI=1S/C18H29N3O/c1-20(2)18-12-16(5-8-19-18)17-4-3-9-21(14-17)13-15-6-10-22-11-7-15/h5,8,12,15,17H,3-4,6-7,9-11,13-14H2,1-2H3/t17-/m1/s1. The first kappa shape index (κ1) is 15.8. The van der Waals surface area contributed by atoms with Crippen molar-refractivity contribution < 1.29 is 4.74 Å². The van der Waals surface area contributed by atoms with E-state index in [1.54, 1.807) is 0 Å². The molecule has 2 saturated heterocycles. The zero-order chi connectivity index (χ0) is 15.4. The van der Waals surface area contributed by atoms with Gasteiger partial charge in [-0.05, 0) is 61.8 Å². The number of piperidine rings is 1. The molecular formula is C18H29N3O. The number of hydrogen-bond donors (Lipinski definition) is 0. The van der Waals surface area contributed by atoms with Gasteiger partial charge in [0.2, 0.25) is 0 Å². The molecule has 0 N–H and O–H groups in total. The van der Waals surface area contributed by atoms with Crippen LogP contribution in [0, 0.1) is 5.92 Å². The van der Waals surface area contributed by atoms with Crippen LogP contribution in [0.4, 0.5) is 5.82 Å². The van der Waals surface area contributed by atoms with Gasteiger partial charge in [0.1, 0.15) is 5.82 Å². The lowest BCUT2D eigenvalue weighted by Gasteiger charge is -2.36. The van der Waals surface area contributed by atoms with E-state index in [1.807, 2.05) is 6.20 Å². The predicted octanol–water partition coefficient (Wildman–Crippen LogP) is 2.75. The van der Waals surface area contributed by atoms with E-state index in [4.69, 9.17) is 4.74 Å². The van der Waals surface area contributed by atoms with E-state index in [9.17, 15) is 0 Å². The number of aromatic nitrogens is 1. The Morgan fingerprint density at radius 3 is 2.86 bits per heavy atom. The van der Waals surface area contributed by atoms with Gasteiger partial charge in [0, 0.05) is 46.6 Å².